The smallest absolute Gasteiger partial charge is 0.208 e. The summed E-state index contributed by atoms with van der Waals surface area (Å²) in [5.41, 5.74) is 0.105. The number of nitrogens with zero attached hydrogens (tertiary/aromatic N) is 3. The molecule has 1 unspecified atom stereocenters. The molecule has 9 nitrogen and oxygen atoms in total. The van der Waals surface area contributed by atoms with E-state index in [9.17, 15) is 9.90 Å². The first-order valence-electron chi connectivity index (χ1n) is 10.6. The van der Waals surface area contributed by atoms with Gasteiger partial charge >= 0.3 is 0 Å². The Bertz CT molecular complexity index is 815. The van der Waals surface area contributed by atoms with Crippen molar-refractivity contribution in [2.45, 2.75) is 53.1 Å². The van der Waals surface area contributed by atoms with Crippen molar-refractivity contribution in [2.75, 3.05) is 25.5 Å². The maximum absolute atomic E-state index is 12.9. The van der Waals surface area contributed by atoms with Crippen molar-refractivity contribution in [3.05, 3.63) is 40.0 Å². The fourth-order valence-corrected chi connectivity index (χ4v) is 3.76. The van der Waals surface area contributed by atoms with E-state index in [0.717, 1.165) is 25.1 Å². The van der Waals surface area contributed by atoms with Gasteiger partial charge in [-0.05, 0) is 43.2 Å². The largest absolute Gasteiger partial charge is 0.386 e. The minimum Gasteiger partial charge on any atom is -0.386 e. The van der Waals surface area contributed by atoms with Crippen LogP contribution >= 0.6 is 37.1 Å². The average Bonchev–Trinajstić information content (AvgIpc) is 3.27. The molecule has 1 atom stereocenters. The van der Waals surface area contributed by atoms with Crippen molar-refractivity contribution in [1.82, 2.24) is 14.4 Å². The van der Waals surface area contributed by atoms with Crippen LogP contribution in [0.3, 0.4) is 0 Å². The van der Waals surface area contributed by atoms with Gasteiger partial charge in [0.15, 0.2) is 0 Å². The zero-order chi connectivity index (χ0) is 24.1. The Balaban J connectivity index is 0.00000332. The molecule has 0 bridgehead atoms. The van der Waals surface area contributed by atoms with E-state index in [1.165, 1.54) is 28.3 Å². The van der Waals surface area contributed by atoms with Crippen LogP contribution in [0.5, 0.6) is 0 Å². The van der Waals surface area contributed by atoms with E-state index in [-0.39, 0.29) is 25.2 Å². The van der Waals surface area contributed by atoms with Crippen LogP contribution in [0.15, 0.2) is 24.0 Å². The zero-order valence-electron chi connectivity index (χ0n) is 20.1. The number of aromatic nitrogens is 2. The Kier molecular flexibility index (Phi) is 15.8. The van der Waals surface area contributed by atoms with Crippen LogP contribution in [0.1, 0.15) is 68.3 Å². The number of hydrazine groups is 1. The number of hydrogen-bond donors (Lipinski definition) is 3. The topological polar surface area (TPSA) is 123 Å². The summed E-state index contributed by atoms with van der Waals surface area (Å²) in [4.78, 5) is 26.9. The maximum Gasteiger partial charge on any atom is 0.208 e. The lowest BCUT2D eigenvalue weighted by Gasteiger charge is -2.16. The fourth-order valence-electron chi connectivity index (χ4n) is 2.54. The second-order valence-electron chi connectivity index (χ2n) is 7.34. The SMILES string of the molecule is CC.CCC(CCNc1ncncc1C(=O)c1cc(C(C)(C)O)cs1)COOSN(C)N.S. The van der Waals surface area contributed by atoms with Gasteiger partial charge in [-0.2, -0.15) is 17.9 Å². The zero-order valence-corrected chi connectivity index (χ0v) is 22.8. The predicted octanol–water partition coefficient (Wildman–Crippen LogP) is 4.28. The van der Waals surface area contributed by atoms with Gasteiger partial charge in [0.1, 0.15) is 24.4 Å². The number of nitrogens with one attached hydrogen (secondary N) is 1. The first kappa shape index (κ1) is 31.8. The van der Waals surface area contributed by atoms with Gasteiger partial charge in [0.2, 0.25) is 5.78 Å². The Morgan fingerprint density at radius 2 is 2.12 bits per heavy atom. The van der Waals surface area contributed by atoms with Gasteiger partial charge in [0.25, 0.3) is 0 Å². The van der Waals surface area contributed by atoms with Crippen molar-refractivity contribution in [2.24, 2.45) is 11.8 Å². The molecule has 2 aromatic heterocycles. The standard InChI is InChI=1S/C19H29N5O4S2.C2H6.H2S/c1-5-13(10-27-28-30-24(4)20)6-7-22-18-15(9-21-12-23-18)17(25)16-8-14(11-29-16)19(2,3)26;1-2;/h8-9,11-13,26H,5-7,10,20H2,1-4H3,(H,21,22,23);1-2H3;1H2. The molecular weight excluding hydrogens is 482 g/mol. The Labute approximate surface area is 212 Å². The minimum atomic E-state index is -0.998. The molecule has 0 saturated carbocycles. The highest BCUT2D eigenvalue weighted by atomic mass is 32.2. The molecule has 0 radical (unpaired) electrons. The number of carbonyl (C=O) groups excluding carboxylic acids is 1. The van der Waals surface area contributed by atoms with E-state index >= 15 is 0 Å². The third-order valence-corrected chi connectivity index (χ3v) is 5.73. The number of aliphatic hydroxyl groups is 1. The van der Waals surface area contributed by atoms with E-state index in [0.29, 0.717) is 35.0 Å². The molecule has 0 fully saturated rings. The lowest BCUT2D eigenvalue weighted by molar-refractivity contribution is -0.204. The molecule has 2 heterocycles. The summed E-state index contributed by atoms with van der Waals surface area (Å²) in [7, 11) is 1.65. The molecule has 0 aliphatic carbocycles. The lowest BCUT2D eigenvalue weighted by atomic mass is 10.0. The maximum atomic E-state index is 12.9. The minimum absolute atomic E-state index is 0. The normalized spacial score (nSPS) is 11.9. The van der Waals surface area contributed by atoms with E-state index in [1.807, 2.05) is 13.8 Å². The summed E-state index contributed by atoms with van der Waals surface area (Å²) in [6.07, 6.45) is 4.64. The van der Waals surface area contributed by atoms with Gasteiger partial charge in [0.05, 0.1) is 22.6 Å². The summed E-state index contributed by atoms with van der Waals surface area (Å²) in [6.45, 7) is 10.5. The molecule has 4 N–H and O–H groups in total. The van der Waals surface area contributed by atoms with Crippen molar-refractivity contribution >= 4 is 48.7 Å². The number of hydrogen-bond acceptors (Lipinski definition) is 11. The third kappa shape index (κ3) is 11.1. The highest BCUT2D eigenvalue weighted by Crippen LogP contribution is 2.28. The lowest BCUT2D eigenvalue weighted by Crippen LogP contribution is -2.19. The summed E-state index contributed by atoms with van der Waals surface area (Å²) < 4.78 is 6.23. The monoisotopic (exact) mass is 519 g/mol. The molecule has 0 amide bonds. The summed E-state index contributed by atoms with van der Waals surface area (Å²) in [5.74, 6) is 6.00. The highest BCUT2D eigenvalue weighted by Gasteiger charge is 2.22. The first-order chi connectivity index (χ1) is 15.2. The Morgan fingerprint density at radius 1 is 1.42 bits per heavy atom. The van der Waals surface area contributed by atoms with Gasteiger partial charge in [0, 0.05) is 19.8 Å². The van der Waals surface area contributed by atoms with Gasteiger partial charge < -0.3 is 10.4 Å². The molecular formula is C21H37N5O4S3. The van der Waals surface area contributed by atoms with Crippen molar-refractivity contribution in [3.8, 4) is 0 Å². The number of ketones is 1. The van der Waals surface area contributed by atoms with Crippen LogP contribution in [0, 0.1) is 5.92 Å². The molecule has 0 aliphatic heterocycles. The van der Waals surface area contributed by atoms with Gasteiger partial charge in [-0.3, -0.25) is 10.6 Å². The van der Waals surface area contributed by atoms with Crippen LogP contribution in [-0.2, 0) is 14.8 Å². The third-order valence-electron chi connectivity index (χ3n) is 4.41. The van der Waals surface area contributed by atoms with Gasteiger partial charge in [-0.25, -0.2) is 14.9 Å². The van der Waals surface area contributed by atoms with E-state index in [4.69, 9.17) is 15.1 Å². The van der Waals surface area contributed by atoms with Crippen molar-refractivity contribution in [1.29, 1.82) is 0 Å². The average molecular weight is 520 g/mol. The second kappa shape index (κ2) is 16.4. The van der Waals surface area contributed by atoms with E-state index in [2.05, 4.69) is 22.2 Å². The van der Waals surface area contributed by atoms with Crippen LogP contribution in [0.4, 0.5) is 5.82 Å². The van der Waals surface area contributed by atoms with Crippen molar-refractivity contribution in [3.63, 3.8) is 0 Å². The second-order valence-corrected chi connectivity index (χ2v) is 9.11. The predicted molar refractivity (Wildman–Crippen MR) is 140 cm³/mol. The molecule has 12 heteroatoms. The molecule has 0 saturated heterocycles. The summed E-state index contributed by atoms with van der Waals surface area (Å²) >= 11 is 2.21. The van der Waals surface area contributed by atoms with Crippen LogP contribution in [0.25, 0.3) is 0 Å². The number of rotatable bonds is 13. The number of nitrogens with two attached hydrogens (primary N) is 1. The van der Waals surface area contributed by atoms with Crippen molar-refractivity contribution < 1.29 is 19.1 Å². The number of thiophene rings is 1. The van der Waals surface area contributed by atoms with Crippen LogP contribution in [-0.4, -0.2) is 45.5 Å². The first-order valence-corrected chi connectivity index (χ1v) is 12.1. The van der Waals surface area contributed by atoms with Crippen LogP contribution in [0.2, 0.25) is 0 Å². The molecule has 33 heavy (non-hydrogen) atoms. The van der Waals surface area contributed by atoms with E-state index in [1.54, 1.807) is 32.3 Å². The number of carbonyl (C=O) groups is 1. The Morgan fingerprint density at radius 3 is 2.70 bits per heavy atom. The molecule has 2 aromatic rings. The van der Waals surface area contributed by atoms with Crippen LogP contribution < -0.4 is 11.2 Å². The Hall–Kier alpha value is -1.25. The quantitative estimate of drug-likeness (QED) is 0.0672. The van der Waals surface area contributed by atoms with Gasteiger partial charge in [-0.1, -0.05) is 27.2 Å². The molecule has 2 rings (SSSR count). The number of anilines is 1. The summed E-state index contributed by atoms with van der Waals surface area (Å²) in [6, 6.07) is 1.71. The van der Waals surface area contributed by atoms with E-state index < -0.39 is 5.60 Å². The molecule has 0 aliphatic rings. The highest BCUT2D eigenvalue weighted by molar-refractivity contribution is 7.92. The van der Waals surface area contributed by atoms with Gasteiger partial charge in [-0.15, -0.1) is 15.7 Å². The fraction of sp³-hybridized carbons (Fsp3) is 0.571. The molecule has 0 aromatic carbocycles. The summed E-state index contributed by atoms with van der Waals surface area (Å²) in [5, 5.41) is 15.2. The molecule has 188 valence electrons. The molecule has 0 spiro atoms.